The van der Waals surface area contributed by atoms with Crippen LogP contribution in [0.25, 0.3) is 11.3 Å². The Balaban J connectivity index is 0.764. The minimum Gasteiger partial charge on any atom is -0.372 e. The molecular formula is C47H57N11O3. The summed E-state index contributed by atoms with van der Waals surface area (Å²) in [5.41, 5.74) is 8.35. The molecule has 5 aromatic rings. The summed E-state index contributed by atoms with van der Waals surface area (Å²) in [5.74, 6) is 1.06. The predicted molar refractivity (Wildman–Crippen MR) is 238 cm³/mol. The van der Waals surface area contributed by atoms with Crippen LogP contribution in [0.2, 0.25) is 0 Å². The van der Waals surface area contributed by atoms with Gasteiger partial charge in [-0.2, -0.15) is 5.10 Å². The topological polar surface area (TPSA) is 162 Å². The molecule has 3 saturated heterocycles. The zero-order valence-corrected chi connectivity index (χ0v) is 35.7. The van der Waals surface area contributed by atoms with Crippen LogP contribution < -0.4 is 26.2 Å². The predicted octanol–water partition coefficient (Wildman–Crippen LogP) is 6.79. The smallest absolute Gasteiger partial charge is 0.254 e. The van der Waals surface area contributed by atoms with Crippen LogP contribution in [0.15, 0.2) is 85.5 Å². The van der Waals surface area contributed by atoms with Crippen molar-refractivity contribution in [3.8, 4) is 11.3 Å². The molecule has 3 aromatic heterocycles. The number of nitrogens with zero attached hydrogens (tertiary/aromatic N) is 7. The SMILES string of the molecule is Cc1cc(-c2ccnc(Nc3ccc(N4CCC(CN5CCC(c6ccc(NC7CCC(=O)NC7=O)cn6)CC5)CC4)cc3)n2)ccc1CNC(=O)c1cnn(C(C)(C)C)c1. The van der Waals surface area contributed by atoms with E-state index in [1.165, 1.54) is 18.5 Å². The average molecular weight is 824 g/mol. The highest BCUT2D eigenvalue weighted by Crippen LogP contribution is 2.31. The van der Waals surface area contributed by atoms with Gasteiger partial charge >= 0.3 is 0 Å². The van der Waals surface area contributed by atoms with Gasteiger partial charge in [0.2, 0.25) is 17.8 Å². The molecule has 0 bridgehead atoms. The molecule has 8 rings (SSSR count). The monoisotopic (exact) mass is 823 g/mol. The zero-order valence-electron chi connectivity index (χ0n) is 35.7. The van der Waals surface area contributed by atoms with Crippen LogP contribution in [0.3, 0.4) is 0 Å². The van der Waals surface area contributed by atoms with Crippen LogP contribution in [-0.4, -0.2) is 86.1 Å². The molecule has 0 spiro atoms. The molecule has 0 radical (unpaired) electrons. The Labute approximate surface area is 358 Å². The number of imide groups is 1. The fraction of sp³-hybridized carbons (Fsp3) is 0.426. The third-order valence-electron chi connectivity index (χ3n) is 12.3. The number of nitrogens with one attached hydrogen (secondary N) is 4. The maximum atomic E-state index is 12.8. The van der Waals surface area contributed by atoms with E-state index in [4.69, 9.17) is 9.97 Å². The first-order chi connectivity index (χ1) is 29.4. The van der Waals surface area contributed by atoms with E-state index in [-0.39, 0.29) is 23.3 Å². The Kier molecular flexibility index (Phi) is 12.4. The van der Waals surface area contributed by atoms with Crippen molar-refractivity contribution < 1.29 is 14.4 Å². The summed E-state index contributed by atoms with van der Waals surface area (Å²) < 4.78 is 1.80. The lowest BCUT2D eigenvalue weighted by molar-refractivity contribution is -0.133. The Morgan fingerprint density at radius 3 is 2.33 bits per heavy atom. The Morgan fingerprint density at radius 1 is 0.869 bits per heavy atom. The van der Waals surface area contributed by atoms with Crippen molar-refractivity contribution in [3.63, 3.8) is 0 Å². The van der Waals surface area contributed by atoms with Crippen LogP contribution in [0.4, 0.5) is 23.0 Å². The van der Waals surface area contributed by atoms with Crippen LogP contribution in [0.5, 0.6) is 0 Å². The minimum absolute atomic E-state index is 0.147. The Hall–Kier alpha value is -6.15. The third kappa shape index (κ3) is 10.4. The van der Waals surface area contributed by atoms with Gasteiger partial charge in [0.25, 0.3) is 5.91 Å². The van der Waals surface area contributed by atoms with Gasteiger partial charge in [0.05, 0.1) is 34.9 Å². The second-order valence-electron chi connectivity index (χ2n) is 17.7. The molecule has 6 heterocycles. The largest absolute Gasteiger partial charge is 0.372 e. The van der Waals surface area contributed by atoms with E-state index >= 15 is 0 Å². The van der Waals surface area contributed by atoms with Gasteiger partial charge in [-0.05, 0) is 138 Å². The lowest BCUT2D eigenvalue weighted by atomic mass is 9.90. The van der Waals surface area contributed by atoms with Gasteiger partial charge in [-0.1, -0.05) is 12.1 Å². The fourth-order valence-corrected chi connectivity index (χ4v) is 8.52. The number of piperidine rings is 3. The van der Waals surface area contributed by atoms with Crippen molar-refractivity contribution in [1.82, 2.24) is 40.3 Å². The van der Waals surface area contributed by atoms with E-state index in [1.807, 2.05) is 37.4 Å². The van der Waals surface area contributed by atoms with Crippen molar-refractivity contribution in [2.45, 2.75) is 90.3 Å². The van der Waals surface area contributed by atoms with Crippen LogP contribution in [0, 0.1) is 12.8 Å². The first kappa shape index (κ1) is 41.6. The summed E-state index contributed by atoms with van der Waals surface area (Å²) in [7, 11) is 0. The molecule has 0 aliphatic carbocycles. The number of rotatable bonds is 12. The summed E-state index contributed by atoms with van der Waals surface area (Å²) >= 11 is 0. The number of aryl methyl sites for hydroxylation is 1. The third-order valence-corrected chi connectivity index (χ3v) is 12.3. The molecule has 3 aliphatic rings. The van der Waals surface area contributed by atoms with Gasteiger partial charge < -0.3 is 25.8 Å². The van der Waals surface area contributed by atoms with Crippen LogP contribution in [0.1, 0.15) is 92.4 Å². The molecule has 318 valence electrons. The lowest BCUT2D eigenvalue weighted by Crippen LogP contribution is -2.47. The summed E-state index contributed by atoms with van der Waals surface area (Å²) in [6.45, 7) is 14.0. The van der Waals surface area contributed by atoms with Gasteiger partial charge in [0.1, 0.15) is 6.04 Å². The molecule has 0 saturated carbocycles. The number of hydrogen-bond acceptors (Lipinski definition) is 11. The molecule has 1 unspecified atom stereocenters. The lowest BCUT2D eigenvalue weighted by Gasteiger charge is -2.38. The molecule has 61 heavy (non-hydrogen) atoms. The van der Waals surface area contributed by atoms with Crippen molar-refractivity contribution in [2.75, 3.05) is 48.3 Å². The van der Waals surface area contributed by atoms with Gasteiger partial charge in [-0.3, -0.25) is 29.4 Å². The molecule has 3 aliphatic heterocycles. The zero-order chi connectivity index (χ0) is 42.5. The quantitative estimate of drug-likeness (QED) is 0.0982. The highest BCUT2D eigenvalue weighted by Gasteiger charge is 2.28. The first-order valence-corrected chi connectivity index (χ1v) is 21.6. The number of likely N-dealkylation sites (tertiary alicyclic amines) is 1. The van der Waals surface area contributed by atoms with Gasteiger partial charge in [-0.15, -0.1) is 0 Å². The molecule has 14 nitrogen and oxygen atoms in total. The van der Waals surface area contributed by atoms with Crippen molar-refractivity contribution in [2.24, 2.45) is 5.92 Å². The summed E-state index contributed by atoms with van der Waals surface area (Å²) in [5, 5.41) is 16.4. The van der Waals surface area contributed by atoms with Gasteiger partial charge in [0, 0.05) is 73.5 Å². The van der Waals surface area contributed by atoms with Crippen molar-refractivity contribution in [1.29, 1.82) is 0 Å². The Morgan fingerprint density at radius 2 is 1.64 bits per heavy atom. The van der Waals surface area contributed by atoms with E-state index in [1.54, 1.807) is 23.3 Å². The second-order valence-corrected chi connectivity index (χ2v) is 17.7. The molecule has 2 aromatic carbocycles. The van der Waals surface area contributed by atoms with E-state index in [2.05, 4.69) is 98.3 Å². The molecule has 14 heteroatoms. The molecule has 1 atom stereocenters. The van der Waals surface area contributed by atoms with Crippen molar-refractivity contribution in [3.05, 3.63) is 108 Å². The second kappa shape index (κ2) is 18.2. The highest BCUT2D eigenvalue weighted by molar-refractivity contribution is 6.01. The number of amides is 3. The van der Waals surface area contributed by atoms with Gasteiger partial charge in [0.15, 0.2) is 0 Å². The van der Waals surface area contributed by atoms with E-state index < -0.39 is 6.04 Å². The fourth-order valence-electron chi connectivity index (χ4n) is 8.52. The summed E-state index contributed by atoms with van der Waals surface area (Å²) in [4.78, 5) is 55.6. The highest BCUT2D eigenvalue weighted by atomic mass is 16.2. The molecule has 3 amide bonds. The number of hydrogen-bond donors (Lipinski definition) is 4. The number of aromatic nitrogens is 5. The maximum Gasteiger partial charge on any atom is 0.254 e. The standard InChI is InChI=1S/C47H57N11O3/c1-31-25-34(5-6-35(31)26-50-44(60)36-27-51-58(30-36)47(2,3)4)41-15-20-48-46(54-41)53-37-7-10-39(11-8-37)57-23-16-32(17-24-57)29-56-21-18-33(19-22-56)40-12-9-38(28-49-40)52-42-13-14-43(59)55-45(42)61/h5-12,15,20,25,27-28,30,32-33,42,52H,13-14,16-19,21-24,26,29H2,1-4H3,(H,50,60)(H,48,53,54)(H,55,59,61). The van der Waals surface area contributed by atoms with Gasteiger partial charge in [-0.25, -0.2) is 9.97 Å². The maximum absolute atomic E-state index is 12.8. The number of carbonyl (C=O) groups is 3. The minimum atomic E-state index is -0.399. The average Bonchev–Trinajstić information content (AvgIpc) is 3.78. The summed E-state index contributed by atoms with van der Waals surface area (Å²) in [6, 6.07) is 20.3. The van der Waals surface area contributed by atoms with E-state index in [9.17, 15) is 14.4 Å². The van der Waals surface area contributed by atoms with Crippen LogP contribution >= 0.6 is 0 Å². The van der Waals surface area contributed by atoms with E-state index in [0.717, 1.165) is 85.0 Å². The normalized spacial score (nSPS) is 18.2. The van der Waals surface area contributed by atoms with E-state index in [0.29, 0.717) is 42.7 Å². The Bertz CT molecular complexity index is 2320. The number of anilines is 4. The first-order valence-electron chi connectivity index (χ1n) is 21.6. The molecular weight excluding hydrogens is 767 g/mol. The number of pyridine rings is 1. The van der Waals surface area contributed by atoms with Crippen molar-refractivity contribution >= 4 is 40.7 Å². The van der Waals surface area contributed by atoms with Crippen LogP contribution in [-0.2, 0) is 21.7 Å². The number of benzene rings is 2. The molecule has 4 N–H and O–H groups in total. The summed E-state index contributed by atoms with van der Waals surface area (Å²) in [6.07, 6.45) is 12.4. The number of carbonyl (C=O) groups excluding carboxylic acids is 3. The molecule has 3 fully saturated rings.